The van der Waals surface area contributed by atoms with Crippen LogP contribution in [0.15, 0.2) is 4.99 Å². The zero-order chi connectivity index (χ0) is 11.7. The summed E-state index contributed by atoms with van der Waals surface area (Å²) in [5.74, 6) is 6.69. The van der Waals surface area contributed by atoms with E-state index in [2.05, 4.69) is 24.3 Å². The SMILES string of the molecule is COCCCN(C)C(=NCC(C)C)NN. The molecule has 0 aliphatic carbocycles. The first-order valence-electron chi connectivity index (χ1n) is 5.33. The predicted octanol–water partition coefficient (Wildman–Crippen LogP) is 0.430. The third-order valence-corrected chi connectivity index (χ3v) is 1.94. The van der Waals surface area contributed by atoms with Crippen LogP contribution in [-0.4, -0.2) is 44.7 Å². The largest absolute Gasteiger partial charge is 0.385 e. The van der Waals surface area contributed by atoms with Crippen molar-refractivity contribution in [1.82, 2.24) is 10.3 Å². The third-order valence-electron chi connectivity index (χ3n) is 1.94. The van der Waals surface area contributed by atoms with Gasteiger partial charge in [-0.25, -0.2) is 5.84 Å². The van der Waals surface area contributed by atoms with Crippen molar-refractivity contribution >= 4 is 5.96 Å². The van der Waals surface area contributed by atoms with Crippen LogP contribution in [0, 0.1) is 5.92 Å². The Hall–Kier alpha value is -0.810. The molecule has 5 nitrogen and oxygen atoms in total. The normalized spacial score (nSPS) is 12.0. The number of guanidine groups is 1. The first-order chi connectivity index (χ1) is 7.11. The van der Waals surface area contributed by atoms with E-state index >= 15 is 0 Å². The third kappa shape index (κ3) is 7.16. The highest BCUT2D eigenvalue weighted by Crippen LogP contribution is 1.94. The molecule has 15 heavy (non-hydrogen) atoms. The number of hydrogen-bond donors (Lipinski definition) is 2. The zero-order valence-electron chi connectivity index (χ0n) is 10.3. The molecule has 0 aliphatic rings. The lowest BCUT2D eigenvalue weighted by molar-refractivity contribution is 0.188. The topological polar surface area (TPSA) is 62.9 Å². The molecule has 0 aromatic carbocycles. The minimum Gasteiger partial charge on any atom is -0.385 e. The molecule has 0 saturated heterocycles. The molecule has 0 fully saturated rings. The second-order valence-electron chi connectivity index (χ2n) is 3.97. The van der Waals surface area contributed by atoms with Crippen molar-refractivity contribution in [3.8, 4) is 0 Å². The quantitative estimate of drug-likeness (QED) is 0.222. The van der Waals surface area contributed by atoms with Gasteiger partial charge in [0.2, 0.25) is 5.96 Å². The molecule has 0 rings (SSSR count). The summed E-state index contributed by atoms with van der Waals surface area (Å²) in [6.07, 6.45) is 0.968. The van der Waals surface area contributed by atoms with Gasteiger partial charge in [-0.2, -0.15) is 0 Å². The standard InChI is InChI=1S/C10H24N4O/c1-9(2)8-12-10(13-11)14(3)6-5-7-15-4/h9H,5-8,11H2,1-4H3,(H,12,13). The summed E-state index contributed by atoms with van der Waals surface area (Å²) in [6, 6.07) is 0. The van der Waals surface area contributed by atoms with Crippen molar-refractivity contribution in [2.45, 2.75) is 20.3 Å². The van der Waals surface area contributed by atoms with Gasteiger partial charge in [0.25, 0.3) is 0 Å². The highest BCUT2D eigenvalue weighted by Gasteiger charge is 2.04. The van der Waals surface area contributed by atoms with Crippen molar-refractivity contribution < 1.29 is 4.74 Å². The van der Waals surface area contributed by atoms with Gasteiger partial charge in [0, 0.05) is 33.9 Å². The summed E-state index contributed by atoms with van der Waals surface area (Å²) in [6.45, 7) is 6.68. The molecule has 0 atom stereocenters. The summed E-state index contributed by atoms with van der Waals surface area (Å²) in [7, 11) is 3.67. The Labute approximate surface area is 92.7 Å². The van der Waals surface area contributed by atoms with Crippen molar-refractivity contribution in [2.75, 3.05) is 33.9 Å². The molecule has 0 aromatic rings. The van der Waals surface area contributed by atoms with E-state index in [0.29, 0.717) is 5.92 Å². The molecule has 5 heteroatoms. The van der Waals surface area contributed by atoms with Crippen LogP contribution in [0.2, 0.25) is 0 Å². The number of hydrogen-bond acceptors (Lipinski definition) is 3. The van der Waals surface area contributed by atoms with Gasteiger partial charge in [0.05, 0.1) is 0 Å². The van der Waals surface area contributed by atoms with Crippen LogP contribution < -0.4 is 11.3 Å². The van der Waals surface area contributed by atoms with E-state index < -0.39 is 0 Å². The second kappa shape index (κ2) is 8.49. The average molecular weight is 216 g/mol. The van der Waals surface area contributed by atoms with Gasteiger partial charge in [0.1, 0.15) is 0 Å². The van der Waals surface area contributed by atoms with E-state index in [1.807, 2.05) is 11.9 Å². The van der Waals surface area contributed by atoms with Gasteiger partial charge >= 0.3 is 0 Å². The molecule has 90 valence electrons. The van der Waals surface area contributed by atoms with E-state index in [0.717, 1.165) is 32.1 Å². The van der Waals surface area contributed by atoms with E-state index in [1.165, 1.54) is 0 Å². The number of ether oxygens (including phenoxy) is 1. The lowest BCUT2D eigenvalue weighted by Crippen LogP contribution is -2.43. The van der Waals surface area contributed by atoms with Crippen LogP contribution in [0.25, 0.3) is 0 Å². The van der Waals surface area contributed by atoms with Gasteiger partial charge < -0.3 is 9.64 Å². The maximum absolute atomic E-state index is 5.41. The van der Waals surface area contributed by atoms with E-state index in [1.54, 1.807) is 7.11 Å². The van der Waals surface area contributed by atoms with Gasteiger partial charge in [-0.3, -0.25) is 10.4 Å². The molecule has 0 spiro atoms. The Morgan fingerprint density at radius 2 is 2.20 bits per heavy atom. The summed E-state index contributed by atoms with van der Waals surface area (Å²) < 4.78 is 4.99. The number of rotatable bonds is 6. The molecular formula is C10H24N4O. The Morgan fingerprint density at radius 1 is 1.53 bits per heavy atom. The molecule has 0 unspecified atom stereocenters. The van der Waals surface area contributed by atoms with E-state index in [9.17, 15) is 0 Å². The van der Waals surface area contributed by atoms with E-state index in [4.69, 9.17) is 10.6 Å². The zero-order valence-corrected chi connectivity index (χ0v) is 10.3. The van der Waals surface area contributed by atoms with Crippen molar-refractivity contribution in [2.24, 2.45) is 16.8 Å². The summed E-state index contributed by atoms with van der Waals surface area (Å²) in [5, 5.41) is 0. The minimum atomic E-state index is 0.542. The number of nitrogens with one attached hydrogen (secondary N) is 1. The van der Waals surface area contributed by atoms with Crippen LogP contribution in [0.5, 0.6) is 0 Å². The summed E-state index contributed by atoms with van der Waals surface area (Å²) in [4.78, 5) is 6.39. The molecule has 0 bridgehead atoms. The summed E-state index contributed by atoms with van der Waals surface area (Å²) >= 11 is 0. The van der Waals surface area contributed by atoms with Crippen LogP contribution in [-0.2, 0) is 4.74 Å². The molecule has 0 radical (unpaired) electrons. The molecule has 0 heterocycles. The monoisotopic (exact) mass is 216 g/mol. The summed E-state index contributed by atoms with van der Waals surface area (Å²) in [5.41, 5.74) is 2.62. The number of nitrogens with zero attached hydrogens (tertiary/aromatic N) is 2. The first-order valence-corrected chi connectivity index (χ1v) is 5.33. The Morgan fingerprint density at radius 3 is 2.67 bits per heavy atom. The highest BCUT2D eigenvalue weighted by molar-refractivity contribution is 5.79. The Balaban J connectivity index is 3.97. The molecule has 0 aromatic heterocycles. The number of hydrazine groups is 1. The van der Waals surface area contributed by atoms with E-state index in [-0.39, 0.29) is 0 Å². The Bertz CT molecular complexity index is 182. The van der Waals surface area contributed by atoms with Gasteiger partial charge in [-0.15, -0.1) is 0 Å². The lowest BCUT2D eigenvalue weighted by Gasteiger charge is -2.20. The van der Waals surface area contributed by atoms with Crippen LogP contribution in [0.4, 0.5) is 0 Å². The van der Waals surface area contributed by atoms with Crippen molar-refractivity contribution in [3.63, 3.8) is 0 Å². The number of nitrogens with two attached hydrogens (primary N) is 1. The lowest BCUT2D eigenvalue weighted by atomic mass is 10.2. The Kier molecular flexibility index (Phi) is 8.04. The predicted molar refractivity (Wildman–Crippen MR) is 63.6 cm³/mol. The fourth-order valence-electron chi connectivity index (χ4n) is 1.10. The second-order valence-corrected chi connectivity index (χ2v) is 3.97. The fourth-order valence-corrected chi connectivity index (χ4v) is 1.10. The average Bonchev–Trinajstić information content (AvgIpc) is 2.18. The van der Waals surface area contributed by atoms with Crippen LogP contribution in [0.1, 0.15) is 20.3 Å². The number of aliphatic imine (C=N–C) groups is 1. The maximum Gasteiger partial charge on any atom is 0.208 e. The first kappa shape index (κ1) is 14.2. The number of methoxy groups -OCH3 is 1. The van der Waals surface area contributed by atoms with Crippen molar-refractivity contribution in [3.05, 3.63) is 0 Å². The molecule has 0 saturated carbocycles. The van der Waals surface area contributed by atoms with Gasteiger partial charge in [-0.1, -0.05) is 13.8 Å². The van der Waals surface area contributed by atoms with Gasteiger partial charge in [0.15, 0.2) is 0 Å². The maximum atomic E-state index is 5.41. The smallest absolute Gasteiger partial charge is 0.208 e. The fraction of sp³-hybridized carbons (Fsp3) is 0.900. The molecular weight excluding hydrogens is 192 g/mol. The molecule has 3 N–H and O–H groups in total. The molecule has 0 amide bonds. The highest BCUT2D eigenvalue weighted by atomic mass is 16.5. The van der Waals surface area contributed by atoms with Gasteiger partial charge in [-0.05, 0) is 12.3 Å². The minimum absolute atomic E-state index is 0.542. The van der Waals surface area contributed by atoms with Crippen molar-refractivity contribution in [1.29, 1.82) is 0 Å². The molecule has 0 aliphatic heterocycles. The van der Waals surface area contributed by atoms with Crippen LogP contribution in [0.3, 0.4) is 0 Å². The van der Waals surface area contributed by atoms with Crippen LogP contribution >= 0.6 is 0 Å².